The van der Waals surface area contributed by atoms with Crippen LogP contribution in [-0.4, -0.2) is 18.9 Å². The molecule has 0 aliphatic rings. The van der Waals surface area contributed by atoms with Crippen LogP contribution in [0, 0.1) is 0 Å². The largest absolute Gasteiger partial charge is 0.467 e. The number of aromatic nitrogens is 1. The number of rotatable bonds is 3. The highest BCUT2D eigenvalue weighted by Gasteiger charge is 2.04. The van der Waals surface area contributed by atoms with Crippen LogP contribution >= 0.6 is 0 Å². The van der Waals surface area contributed by atoms with Gasteiger partial charge in [0, 0.05) is 18.7 Å². The van der Waals surface area contributed by atoms with Crippen molar-refractivity contribution in [3.63, 3.8) is 0 Å². The molecule has 2 aromatic rings. The van der Waals surface area contributed by atoms with Crippen molar-refractivity contribution in [1.29, 1.82) is 0 Å². The molecule has 0 fully saturated rings. The van der Waals surface area contributed by atoms with Crippen molar-refractivity contribution in [1.82, 2.24) is 4.98 Å². The molecule has 0 aliphatic carbocycles. The quantitative estimate of drug-likeness (QED) is 0.611. The van der Waals surface area contributed by atoms with Crippen LogP contribution in [0.25, 0.3) is 10.9 Å². The normalized spacial score (nSPS) is 10.5. The molecule has 0 atom stereocenters. The number of methoxy groups -OCH3 is 1. The van der Waals surface area contributed by atoms with E-state index in [-0.39, 0.29) is 6.79 Å². The molecule has 4 nitrogen and oxygen atoms in total. The Morgan fingerprint density at radius 2 is 2.20 bits per heavy atom. The van der Waals surface area contributed by atoms with E-state index in [0.717, 1.165) is 16.7 Å². The fourth-order valence-electron chi connectivity index (χ4n) is 1.42. The van der Waals surface area contributed by atoms with E-state index in [4.69, 9.17) is 15.2 Å². The second kappa shape index (κ2) is 4.14. The van der Waals surface area contributed by atoms with Crippen LogP contribution in [0.1, 0.15) is 0 Å². The van der Waals surface area contributed by atoms with E-state index in [2.05, 4.69) is 4.98 Å². The SMILES string of the molecule is COCOc1ccc(N)c2ncccc12. The average molecular weight is 204 g/mol. The van der Waals surface area contributed by atoms with Crippen LogP contribution in [0.15, 0.2) is 30.5 Å². The maximum Gasteiger partial charge on any atom is 0.188 e. The van der Waals surface area contributed by atoms with Crippen LogP contribution < -0.4 is 10.5 Å². The van der Waals surface area contributed by atoms with Gasteiger partial charge in [-0.15, -0.1) is 0 Å². The van der Waals surface area contributed by atoms with Gasteiger partial charge in [-0.25, -0.2) is 0 Å². The molecule has 0 unspecified atom stereocenters. The van der Waals surface area contributed by atoms with Crippen LogP contribution in [-0.2, 0) is 4.74 Å². The zero-order valence-corrected chi connectivity index (χ0v) is 8.43. The predicted octanol–water partition coefficient (Wildman–Crippen LogP) is 1.80. The zero-order chi connectivity index (χ0) is 10.7. The summed E-state index contributed by atoms with van der Waals surface area (Å²) in [4.78, 5) is 4.20. The maximum absolute atomic E-state index is 5.80. The Hall–Kier alpha value is -1.81. The van der Waals surface area contributed by atoms with E-state index in [0.29, 0.717) is 5.69 Å². The summed E-state index contributed by atoms with van der Waals surface area (Å²) in [5.41, 5.74) is 7.21. The molecule has 2 rings (SSSR count). The number of pyridine rings is 1. The van der Waals surface area contributed by atoms with Crippen molar-refractivity contribution in [2.24, 2.45) is 0 Å². The topological polar surface area (TPSA) is 57.4 Å². The Bertz CT molecular complexity index is 471. The Labute approximate surface area is 87.6 Å². The molecule has 15 heavy (non-hydrogen) atoms. The molecule has 0 amide bonds. The third-order valence-electron chi connectivity index (χ3n) is 2.09. The van der Waals surface area contributed by atoms with Gasteiger partial charge in [-0.3, -0.25) is 4.98 Å². The monoisotopic (exact) mass is 204 g/mol. The Kier molecular flexibility index (Phi) is 2.69. The molecule has 0 aliphatic heterocycles. The second-order valence-corrected chi connectivity index (χ2v) is 3.10. The minimum absolute atomic E-state index is 0.216. The number of benzene rings is 1. The van der Waals surface area contributed by atoms with E-state index in [1.165, 1.54) is 0 Å². The van der Waals surface area contributed by atoms with E-state index >= 15 is 0 Å². The predicted molar refractivity (Wildman–Crippen MR) is 58.7 cm³/mol. The molecule has 4 heteroatoms. The molecule has 0 saturated heterocycles. The number of fused-ring (bicyclic) bond motifs is 1. The van der Waals surface area contributed by atoms with E-state index in [9.17, 15) is 0 Å². The summed E-state index contributed by atoms with van der Waals surface area (Å²) in [5.74, 6) is 0.731. The van der Waals surface area contributed by atoms with Gasteiger partial charge in [0.15, 0.2) is 6.79 Å². The summed E-state index contributed by atoms with van der Waals surface area (Å²) in [6, 6.07) is 7.36. The first-order chi connectivity index (χ1) is 7.33. The summed E-state index contributed by atoms with van der Waals surface area (Å²) >= 11 is 0. The van der Waals surface area contributed by atoms with Crippen molar-refractivity contribution < 1.29 is 9.47 Å². The molecule has 0 bridgehead atoms. The van der Waals surface area contributed by atoms with Crippen molar-refractivity contribution in [2.75, 3.05) is 19.6 Å². The molecule has 1 aromatic carbocycles. The standard InChI is InChI=1S/C11H12N2O2/c1-14-7-15-10-5-4-9(12)11-8(10)3-2-6-13-11/h2-6H,7,12H2,1H3. The van der Waals surface area contributed by atoms with Gasteiger partial charge in [0.1, 0.15) is 5.75 Å². The van der Waals surface area contributed by atoms with Crippen LogP contribution in [0.4, 0.5) is 5.69 Å². The first kappa shape index (κ1) is 9.73. The summed E-state index contributed by atoms with van der Waals surface area (Å²) in [6.45, 7) is 0.216. The highest BCUT2D eigenvalue weighted by Crippen LogP contribution is 2.28. The highest BCUT2D eigenvalue weighted by molar-refractivity contribution is 5.93. The molecule has 0 saturated carbocycles. The maximum atomic E-state index is 5.80. The minimum atomic E-state index is 0.216. The lowest BCUT2D eigenvalue weighted by Crippen LogP contribution is -2.00. The highest BCUT2D eigenvalue weighted by atomic mass is 16.7. The van der Waals surface area contributed by atoms with E-state index in [1.807, 2.05) is 18.2 Å². The van der Waals surface area contributed by atoms with Crippen LogP contribution in [0.2, 0.25) is 0 Å². The minimum Gasteiger partial charge on any atom is -0.467 e. The van der Waals surface area contributed by atoms with Crippen molar-refractivity contribution in [3.05, 3.63) is 30.5 Å². The molecule has 0 spiro atoms. The zero-order valence-electron chi connectivity index (χ0n) is 8.43. The lowest BCUT2D eigenvalue weighted by atomic mass is 10.2. The summed E-state index contributed by atoms with van der Waals surface area (Å²) in [6.07, 6.45) is 1.71. The molecule has 78 valence electrons. The van der Waals surface area contributed by atoms with Crippen molar-refractivity contribution >= 4 is 16.6 Å². The number of hydrogen-bond donors (Lipinski definition) is 1. The molecular formula is C11H12N2O2. The molecule has 1 heterocycles. The van der Waals surface area contributed by atoms with Crippen molar-refractivity contribution in [2.45, 2.75) is 0 Å². The molecular weight excluding hydrogens is 192 g/mol. The summed E-state index contributed by atoms with van der Waals surface area (Å²) in [5, 5.41) is 0.898. The fraction of sp³-hybridized carbons (Fsp3) is 0.182. The van der Waals surface area contributed by atoms with Crippen LogP contribution in [0.3, 0.4) is 0 Å². The van der Waals surface area contributed by atoms with Crippen LogP contribution in [0.5, 0.6) is 5.75 Å². The smallest absolute Gasteiger partial charge is 0.188 e. The number of hydrogen-bond acceptors (Lipinski definition) is 4. The first-order valence-electron chi connectivity index (χ1n) is 4.58. The Morgan fingerprint density at radius 3 is 3.00 bits per heavy atom. The summed E-state index contributed by atoms with van der Waals surface area (Å²) < 4.78 is 10.3. The number of ether oxygens (including phenoxy) is 2. The molecule has 2 N–H and O–H groups in total. The second-order valence-electron chi connectivity index (χ2n) is 3.10. The lowest BCUT2D eigenvalue weighted by molar-refractivity contribution is 0.0522. The lowest BCUT2D eigenvalue weighted by Gasteiger charge is -2.08. The van der Waals surface area contributed by atoms with Gasteiger partial charge >= 0.3 is 0 Å². The number of nitrogens with zero attached hydrogens (tertiary/aromatic N) is 1. The average Bonchev–Trinajstić information content (AvgIpc) is 2.29. The van der Waals surface area contributed by atoms with E-state index in [1.54, 1.807) is 19.4 Å². The molecule has 1 aromatic heterocycles. The van der Waals surface area contributed by atoms with Gasteiger partial charge in [0.25, 0.3) is 0 Å². The van der Waals surface area contributed by atoms with Gasteiger partial charge in [-0.2, -0.15) is 0 Å². The number of nitrogen functional groups attached to an aromatic ring is 1. The van der Waals surface area contributed by atoms with Gasteiger partial charge in [0.05, 0.1) is 11.2 Å². The van der Waals surface area contributed by atoms with Gasteiger partial charge < -0.3 is 15.2 Å². The third-order valence-corrected chi connectivity index (χ3v) is 2.09. The Morgan fingerprint density at radius 1 is 1.33 bits per heavy atom. The van der Waals surface area contributed by atoms with Gasteiger partial charge in [-0.1, -0.05) is 0 Å². The van der Waals surface area contributed by atoms with Crippen molar-refractivity contribution in [3.8, 4) is 5.75 Å². The summed E-state index contributed by atoms with van der Waals surface area (Å²) in [7, 11) is 1.58. The van der Waals surface area contributed by atoms with E-state index < -0.39 is 0 Å². The third kappa shape index (κ3) is 1.85. The van der Waals surface area contributed by atoms with Gasteiger partial charge in [0.2, 0.25) is 0 Å². The molecule has 0 radical (unpaired) electrons. The first-order valence-corrected chi connectivity index (χ1v) is 4.58. The number of anilines is 1. The number of nitrogens with two attached hydrogens (primary N) is 1. The fourth-order valence-corrected chi connectivity index (χ4v) is 1.42. The Balaban J connectivity index is 2.51. The van der Waals surface area contributed by atoms with Gasteiger partial charge in [-0.05, 0) is 24.3 Å².